The molecule has 0 aromatic heterocycles. The topological polar surface area (TPSA) is 27.7 Å². The van der Waals surface area contributed by atoms with Crippen LogP contribution in [0.1, 0.15) is 23.1 Å². The lowest BCUT2D eigenvalue weighted by Gasteiger charge is -2.21. The van der Waals surface area contributed by atoms with Crippen molar-refractivity contribution in [1.29, 1.82) is 0 Å². The Labute approximate surface area is 196 Å². The van der Waals surface area contributed by atoms with Gasteiger partial charge in [-0.2, -0.15) is 0 Å². The van der Waals surface area contributed by atoms with Crippen molar-refractivity contribution >= 4 is 0 Å². The van der Waals surface area contributed by atoms with Gasteiger partial charge in [-0.1, -0.05) is 91.0 Å². The second-order valence-corrected chi connectivity index (χ2v) is 7.85. The highest BCUT2D eigenvalue weighted by Gasteiger charge is 2.22. The summed E-state index contributed by atoms with van der Waals surface area (Å²) in [7, 11) is 3.35. The molecule has 4 rings (SSSR count). The molecule has 0 fully saturated rings. The predicted octanol–water partition coefficient (Wildman–Crippen LogP) is 6.93. The zero-order valence-electron chi connectivity index (χ0n) is 19.2. The van der Waals surface area contributed by atoms with Crippen LogP contribution in [0.3, 0.4) is 0 Å². The smallest absolute Gasteiger partial charge is 0.204 e. The molecule has 3 nitrogen and oxygen atoms in total. The summed E-state index contributed by atoms with van der Waals surface area (Å²) in [6.07, 6.45) is 2.80. The van der Waals surface area contributed by atoms with Gasteiger partial charge in [-0.25, -0.2) is 0 Å². The third-order valence-corrected chi connectivity index (χ3v) is 5.62. The third kappa shape index (κ3) is 5.56. The maximum Gasteiger partial charge on any atom is 0.204 e. The van der Waals surface area contributed by atoms with Crippen LogP contribution in [0.2, 0.25) is 0 Å². The number of ether oxygens (including phenoxy) is 3. The first-order valence-corrected chi connectivity index (χ1v) is 11.3. The monoisotopic (exact) mass is 437 g/mol. The molecule has 0 heterocycles. The van der Waals surface area contributed by atoms with Crippen LogP contribution in [0.15, 0.2) is 91.0 Å². The molecule has 0 amide bonds. The third-order valence-electron chi connectivity index (χ3n) is 5.62. The van der Waals surface area contributed by atoms with Gasteiger partial charge >= 0.3 is 0 Å². The van der Waals surface area contributed by atoms with Crippen molar-refractivity contribution < 1.29 is 14.2 Å². The number of hydrogen-bond donors (Lipinski definition) is 0. The molecule has 0 saturated carbocycles. The van der Waals surface area contributed by atoms with Gasteiger partial charge in [0.1, 0.15) is 6.61 Å². The minimum Gasteiger partial charge on any atom is -0.492 e. The zero-order chi connectivity index (χ0) is 22.9. The summed E-state index contributed by atoms with van der Waals surface area (Å²) in [6.45, 7) is 0.426. The lowest BCUT2D eigenvalue weighted by atomic mass is 9.96. The fraction of sp³-hybridized carbons (Fsp3) is 0.200. The molecule has 0 N–H and O–H groups in total. The first-order chi connectivity index (χ1) is 16.3. The number of hydrogen-bond acceptors (Lipinski definition) is 3. The van der Waals surface area contributed by atoms with Gasteiger partial charge in [0.05, 0.1) is 14.2 Å². The molecule has 0 aliphatic carbocycles. The molecule has 0 saturated heterocycles. The molecule has 1 radical (unpaired) electrons. The highest BCUT2D eigenvalue weighted by atomic mass is 16.5. The summed E-state index contributed by atoms with van der Waals surface area (Å²) < 4.78 is 18.1. The zero-order valence-corrected chi connectivity index (χ0v) is 19.2. The van der Waals surface area contributed by atoms with Gasteiger partial charge in [0.2, 0.25) is 5.75 Å². The predicted molar refractivity (Wildman–Crippen MR) is 133 cm³/mol. The van der Waals surface area contributed by atoms with Crippen molar-refractivity contribution in [3.05, 3.63) is 114 Å². The van der Waals surface area contributed by atoms with E-state index >= 15 is 0 Å². The van der Waals surface area contributed by atoms with Crippen LogP contribution >= 0.6 is 0 Å². The van der Waals surface area contributed by atoms with Gasteiger partial charge in [0.15, 0.2) is 11.5 Å². The largest absolute Gasteiger partial charge is 0.492 e. The first-order valence-electron chi connectivity index (χ1n) is 11.3. The molecule has 33 heavy (non-hydrogen) atoms. The summed E-state index contributed by atoms with van der Waals surface area (Å²) in [4.78, 5) is 0. The lowest BCUT2D eigenvalue weighted by molar-refractivity contribution is 0.265. The van der Waals surface area contributed by atoms with E-state index in [1.807, 2.05) is 54.6 Å². The Kier molecular flexibility index (Phi) is 7.65. The molecule has 0 aliphatic heterocycles. The molecule has 4 aromatic rings. The molecule has 167 valence electrons. The Bertz CT molecular complexity index is 1140. The van der Waals surface area contributed by atoms with E-state index in [1.54, 1.807) is 14.2 Å². The van der Waals surface area contributed by atoms with Crippen LogP contribution < -0.4 is 14.2 Å². The van der Waals surface area contributed by atoms with Crippen LogP contribution in [0.25, 0.3) is 11.1 Å². The highest BCUT2D eigenvalue weighted by Crippen LogP contribution is 2.47. The SMILES string of the molecule is COc1c(CCCc2ccccc2)[c]c(-c2ccccc2)c(OC)c1OCc1ccccc1. The maximum atomic E-state index is 6.33. The van der Waals surface area contributed by atoms with Gasteiger partial charge in [-0.3, -0.25) is 0 Å². The summed E-state index contributed by atoms with van der Waals surface area (Å²) in [5.41, 5.74) is 5.33. The van der Waals surface area contributed by atoms with Crippen molar-refractivity contribution in [2.24, 2.45) is 0 Å². The molecule has 4 aromatic carbocycles. The Hall–Kier alpha value is -3.72. The van der Waals surface area contributed by atoms with Gasteiger partial charge in [-0.15, -0.1) is 0 Å². The summed E-state index contributed by atoms with van der Waals surface area (Å²) in [5.74, 6) is 1.95. The fourth-order valence-corrected chi connectivity index (χ4v) is 3.99. The van der Waals surface area contributed by atoms with Crippen molar-refractivity contribution in [1.82, 2.24) is 0 Å². The van der Waals surface area contributed by atoms with E-state index in [9.17, 15) is 0 Å². The Morgan fingerprint density at radius 3 is 1.79 bits per heavy atom. The Morgan fingerprint density at radius 2 is 1.18 bits per heavy atom. The molecule has 0 bridgehead atoms. The first kappa shape index (κ1) is 22.5. The molecule has 3 heteroatoms. The van der Waals surface area contributed by atoms with Crippen molar-refractivity contribution in [3.63, 3.8) is 0 Å². The van der Waals surface area contributed by atoms with Crippen LogP contribution in [-0.2, 0) is 19.4 Å². The molecule has 0 spiro atoms. The van der Waals surface area contributed by atoms with E-state index in [0.29, 0.717) is 23.9 Å². The van der Waals surface area contributed by atoms with E-state index in [-0.39, 0.29) is 0 Å². The summed E-state index contributed by atoms with van der Waals surface area (Å²) in [5, 5.41) is 0. The molecule has 0 unspecified atom stereocenters. The standard InChI is InChI=1S/C30H29O3/c1-31-28-26(20-12-17-23-13-6-3-7-14-23)21-27(25-18-10-5-11-19-25)29(32-2)30(28)33-22-24-15-8-4-9-16-24/h3-11,13-16,18-19H,12,17,20,22H2,1-2H3. The van der Waals surface area contributed by atoms with Crippen LogP contribution in [0.5, 0.6) is 17.2 Å². The van der Waals surface area contributed by atoms with Gasteiger partial charge in [-0.05, 0) is 36.0 Å². The van der Waals surface area contributed by atoms with Crippen LogP contribution in [0.4, 0.5) is 0 Å². The number of benzene rings is 4. The number of aryl methyl sites for hydroxylation is 2. The number of rotatable bonds is 10. The lowest BCUT2D eigenvalue weighted by Crippen LogP contribution is -2.05. The van der Waals surface area contributed by atoms with E-state index in [1.165, 1.54) is 5.56 Å². The molecular weight excluding hydrogens is 408 g/mol. The van der Waals surface area contributed by atoms with Crippen molar-refractivity contribution in [2.75, 3.05) is 14.2 Å². The van der Waals surface area contributed by atoms with E-state index in [2.05, 4.69) is 42.5 Å². The van der Waals surface area contributed by atoms with Crippen molar-refractivity contribution in [2.45, 2.75) is 25.9 Å². The van der Waals surface area contributed by atoms with Gasteiger partial charge in [0.25, 0.3) is 0 Å². The Morgan fingerprint density at radius 1 is 0.606 bits per heavy atom. The average molecular weight is 438 g/mol. The van der Waals surface area contributed by atoms with Gasteiger partial charge < -0.3 is 14.2 Å². The molecule has 0 atom stereocenters. The maximum absolute atomic E-state index is 6.33. The number of methoxy groups -OCH3 is 2. The quantitative estimate of drug-likeness (QED) is 0.269. The second kappa shape index (κ2) is 11.2. The van der Waals surface area contributed by atoms with E-state index in [4.69, 9.17) is 14.2 Å². The highest BCUT2D eigenvalue weighted by molar-refractivity contribution is 5.77. The summed E-state index contributed by atoms with van der Waals surface area (Å²) >= 11 is 0. The van der Waals surface area contributed by atoms with Crippen LogP contribution in [0, 0.1) is 6.07 Å². The second-order valence-electron chi connectivity index (χ2n) is 7.85. The van der Waals surface area contributed by atoms with Gasteiger partial charge in [0, 0.05) is 17.2 Å². The van der Waals surface area contributed by atoms with Crippen LogP contribution in [-0.4, -0.2) is 14.2 Å². The van der Waals surface area contributed by atoms with Crippen molar-refractivity contribution in [3.8, 4) is 28.4 Å². The molecular formula is C30H29O3. The van der Waals surface area contributed by atoms with E-state index in [0.717, 1.165) is 41.5 Å². The minimum absolute atomic E-state index is 0.426. The fourth-order valence-electron chi connectivity index (χ4n) is 3.99. The van der Waals surface area contributed by atoms with E-state index < -0.39 is 0 Å². The summed E-state index contributed by atoms with van der Waals surface area (Å²) in [6, 6.07) is 34.4. The normalized spacial score (nSPS) is 10.6. The minimum atomic E-state index is 0.426. The molecule has 0 aliphatic rings. The average Bonchev–Trinajstić information content (AvgIpc) is 2.88. The Balaban J connectivity index is 1.70.